The number of ether oxygens (including phenoxy) is 1. The molecule has 6 nitrogen and oxygen atoms in total. The molecule has 2 aromatic carbocycles. The van der Waals surface area contributed by atoms with E-state index >= 15 is 0 Å². The molecule has 1 heterocycles. The average molecular weight is 536 g/mol. The van der Waals surface area contributed by atoms with Gasteiger partial charge in [-0.15, -0.1) is 16.8 Å². The number of hydrogen-bond donors (Lipinski definition) is 1. The Morgan fingerprint density at radius 2 is 2.12 bits per heavy atom. The molecule has 9 heteroatoms. The van der Waals surface area contributed by atoms with Crippen LogP contribution in [0.15, 0.2) is 64.7 Å². The van der Waals surface area contributed by atoms with Crippen molar-refractivity contribution in [3.63, 3.8) is 0 Å². The predicted molar refractivity (Wildman–Crippen MR) is 134 cm³/mol. The SMILES string of the molecule is C=CCn1c(CCCOc2ccc(Br)cc2C)nnc1SCC(=O)Nc1ccccc1Cl. The highest BCUT2D eigenvalue weighted by Crippen LogP contribution is 2.24. The first-order chi connectivity index (χ1) is 15.5. The largest absolute Gasteiger partial charge is 0.493 e. The number of para-hydroxylation sites is 1. The number of aryl methyl sites for hydroxylation is 2. The van der Waals surface area contributed by atoms with Crippen molar-refractivity contribution < 1.29 is 9.53 Å². The van der Waals surface area contributed by atoms with Gasteiger partial charge >= 0.3 is 0 Å². The van der Waals surface area contributed by atoms with Crippen LogP contribution in [0.1, 0.15) is 17.8 Å². The van der Waals surface area contributed by atoms with Crippen molar-refractivity contribution in [2.75, 3.05) is 17.7 Å². The van der Waals surface area contributed by atoms with Crippen molar-refractivity contribution >= 4 is 50.9 Å². The molecule has 0 saturated carbocycles. The zero-order valence-electron chi connectivity index (χ0n) is 17.7. The summed E-state index contributed by atoms with van der Waals surface area (Å²) < 4.78 is 8.91. The van der Waals surface area contributed by atoms with Crippen molar-refractivity contribution in [3.05, 3.63) is 76.0 Å². The van der Waals surface area contributed by atoms with Crippen LogP contribution >= 0.6 is 39.3 Å². The predicted octanol–water partition coefficient (Wildman–Crippen LogP) is 5.93. The minimum Gasteiger partial charge on any atom is -0.493 e. The van der Waals surface area contributed by atoms with Crippen molar-refractivity contribution in [3.8, 4) is 5.75 Å². The van der Waals surface area contributed by atoms with Crippen molar-refractivity contribution in [2.45, 2.75) is 31.5 Å². The zero-order valence-corrected chi connectivity index (χ0v) is 20.8. The third-order valence-corrected chi connectivity index (χ3v) is 6.31. The number of allylic oxidation sites excluding steroid dienone is 1. The topological polar surface area (TPSA) is 69.0 Å². The lowest BCUT2D eigenvalue weighted by atomic mass is 10.2. The Balaban J connectivity index is 1.53. The minimum atomic E-state index is -0.156. The second kappa shape index (κ2) is 12.1. The standard InChI is InChI=1S/C23H24BrClN4O2S/c1-3-12-29-21(9-6-13-31-20-11-10-17(24)14-16(20)2)27-28-23(29)32-15-22(30)26-19-8-5-4-7-18(19)25/h3-5,7-8,10-11,14H,1,6,9,12-13,15H2,2H3,(H,26,30). The summed E-state index contributed by atoms with van der Waals surface area (Å²) in [6.45, 7) is 6.99. The highest BCUT2D eigenvalue weighted by Gasteiger charge is 2.14. The van der Waals surface area contributed by atoms with Gasteiger partial charge < -0.3 is 14.6 Å². The number of hydrogen-bond acceptors (Lipinski definition) is 5. The fourth-order valence-electron chi connectivity index (χ4n) is 2.99. The normalized spacial score (nSPS) is 10.7. The number of nitrogens with zero attached hydrogens (tertiary/aromatic N) is 3. The summed E-state index contributed by atoms with van der Waals surface area (Å²) in [6, 6.07) is 13.1. The van der Waals surface area contributed by atoms with Gasteiger partial charge in [0, 0.05) is 17.4 Å². The van der Waals surface area contributed by atoms with Crippen LogP contribution in [0.4, 0.5) is 5.69 Å². The molecule has 0 saturated heterocycles. The van der Waals surface area contributed by atoms with Gasteiger partial charge in [0.05, 0.1) is 23.1 Å². The number of rotatable bonds is 11. The van der Waals surface area contributed by atoms with Gasteiger partial charge in [0.25, 0.3) is 0 Å². The summed E-state index contributed by atoms with van der Waals surface area (Å²) >= 11 is 10.9. The van der Waals surface area contributed by atoms with Crippen molar-refractivity contribution in [1.82, 2.24) is 14.8 Å². The van der Waals surface area contributed by atoms with E-state index in [1.54, 1.807) is 18.2 Å². The number of halogens is 2. The van der Waals surface area contributed by atoms with Crippen LogP contribution in [0.2, 0.25) is 5.02 Å². The molecular formula is C23H24BrClN4O2S. The smallest absolute Gasteiger partial charge is 0.234 e. The van der Waals surface area contributed by atoms with E-state index in [1.807, 2.05) is 41.8 Å². The van der Waals surface area contributed by atoms with Gasteiger partial charge in [-0.1, -0.05) is 57.5 Å². The molecule has 0 aliphatic heterocycles. The summed E-state index contributed by atoms with van der Waals surface area (Å²) in [5, 5.41) is 12.6. The van der Waals surface area contributed by atoms with Gasteiger partial charge in [-0.05, 0) is 49.2 Å². The first kappa shape index (κ1) is 24.4. The highest BCUT2D eigenvalue weighted by atomic mass is 79.9. The lowest BCUT2D eigenvalue weighted by molar-refractivity contribution is -0.113. The summed E-state index contributed by atoms with van der Waals surface area (Å²) in [5.74, 6) is 1.76. The van der Waals surface area contributed by atoms with E-state index in [-0.39, 0.29) is 11.7 Å². The molecule has 1 N–H and O–H groups in total. The Kier molecular flexibility index (Phi) is 9.20. The molecular weight excluding hydrogens is 512 g/mol. The molecule has 0 radical (unpaired) electrons. The number of benzene rings is 2. The van der Waals surface area contributed by atoms with Gasteiger partial charge in [-0.3, -0.25) is 4.79 Å². The summed E-state index contributed by atoms with van der Waals surface area (Å²) in [7, 11) is 0. The fourth-order valence-corrected chi connectivity index (χ4v) is 4.41. The lowest BCUT2D eigenvalue weighted by Gasteiger charge is -2.10. The first-order valence-electron chi connectivity index (χ1n) is 10.1. The van der Waals surface area contributed by atoms with Crippen molar-refractivity contribution in [1.29, 1.82) is 0 Å². The summed E-state index contributed by atoms with van der Waals surface area (Å²) in [4.78, 5) is 12.3. The molecule has 0 unspecified atom stereocenters. The maximum absolute atomic E-state index is 12.3. The minimum absolute atomic E-state index is 0.156. The molecule has 0 bridgehead atoms. The maximum atomic E-state index is 12.3. The molecule has 1 amide bonds. The third kappa shape index (κ3) is 6.85. The number of nitrogens with one attached hydrogen (secondary N) is 1. The molecule has 0 aliphatic rings. The van der Waals surface area contributed by atoms with E-state index in [1.165, 1.54) is 11.8 Å². The Bertz CT molecular complexity index is 1090. The quantitative estimate of drug-likeness (QED) is 0.187. The van der Waals surface area contributed by atoms with E-state index in [2.05, 4.69) is 38.0 Å². The number of thioether (sulfide) groups is 1. The van der Waals surface area contributed by atoms with Gasteiger partial charge in [0.1, 0.15) is 11.6 Å². The van der Waals surface area contributed by atoms with Crippen LogP contribution in [0.5, 0.6) is 5.75 Å². The number of carbonyl (C=O) groups excluding carboxylic acids is 1. The molecule has 1 aromatic heterocycles. The van der Waals surface area contributed by atoms with E-state index in [0.717, 1.165) is 28.0 Å². The van der Waals surface area contributed by atoms with E-state index in [9.17, 15) is 4.79 Å². The lowest BCUT2D eigenvalue weighted by Crippen LogP contribution is -2.15. The molecule has 0 spiro atoms. The first-order valence-corrected chi connectivity index (χ1v) is 12.2. The van der Waals surface area contributed by atoms with Gasteiger partial charge in [-0.25, -0.2) is 0 Å². The molecule has 32 heavy (non-hydrogen) atoms. The molecule has 0 fully saturated rings. The van der Waals surface area contributed by atoms with Crippen LogP contribution in [0.25, 0.3) is 0 Å². The average Bonchev–Trinajstić information content (AvgIpc) is 3.14. The molecule has 0 atom stereocenters. The monoisotopic (exact) mass is 534 g/mol. The van der Waals surface area contributed by atoms with Gasteiger partial charge in [-0.2, -0.15) is 0 Å². The Hall–Kier alpha value is -2.29. The second-order valence-corrected chi connectivity index (χ2v) is 9.24. The number of aromatic nitrogens is 3. The molecule has 3 aromatic rings. The fraction of sp³-hybridized carbons (Fsp3) is 0.261. The molecule has 0 aliphatic carbocycles. The third-order valence-electron chi connectivity index (χ3n) is 4.52. The highest BCUT2D eigenvalue weighted by molar-refractivity contribution is 9.10. The van der Waals surface area contributed by atoms with E-state index < -0.39 is 0 Å². The molecule has 3 rings (SSSR count). The van der Waals surface area contributed by atoms with Gasteiger partial charge in [0.15, 0.2) is 5.16 Å². The maximum Gasteiger partial charge on any atom is 0.234 e. The van der Waals surface area contributed by atoms with Crippen LogP contribution in [0, 0.1) is 6.92 Å². The summed E-state index contributed by atoms with van der Waals surface area (Å²) in [5.41, 5.74) is 1.68. The Morgan fingerprint density at radius 1 is 1.31 bits per heavy atom. The number of amides is 1. The summed E-state index contributed by atoms with van der Waals surface area (Å²) in [6.07, 6.45) is 3.30. The zero-order chi connectivity index (χ0) is 22.9. The van der Waals surface area contributed by atoms with E-state index in [4.69, 9.17) is 16.3 Å². The van der Waals surface area contributed by atoms with Crippen LogP contribution in [0.3, 0.4) is 0 Å². The van der Waals surface area contributed by atoms with Crippen LogP contribution in [-0.2, 0) is 17.8 Å². The number of carbonyl (C=O) groups is 1. The number of anilines is 1. The van der Waals surface area contributed by atoms with Crippen molar-refractivity contribution in [2.24, 2.45) is 0 Å². The van der Waals surface area contributed by atoms with E-state index in [0.29, 0.717) is 35.4 Å². The molecule has 168 valence electrons. The Labute approximate surface area is 205 Å². The Morgan fingerprint density at radius 3 is 2.88 bits per heavy atom. The van der Waals surface area contributed by atoms with Gasteiger partial charge in [0.2, 0.25) is 5.91 Å². The second-order valence-electron chi connectivity index (χ2n) is 6.98. The van der Waals surface area contributed by atoms with Crippen LogP contribution < -0.4 is 10.1 Å². The van der Waals surface area contributed by atoms with Crippen LogP contribution in [-0.4, -0.2) is 33.0 Å².